The molecule has 162 valence electrons. The van der Waals surface area contributed by atoms with E-state index in [0.29, 0.717) is 18.8 Å². The van der Waals surface area contributed by atoms with Crippen molar-refractivity contribution in [3.8, 4) is 11.5 Å². The van der Waals surface area contributed by atoms with E-state index in [4.69, 9.17) is 9.47 Å². The third-order valence-corrected chi connectivity index (χ3v) is 5.61. The predicted molar refractivity (Wildman–Crippen MR) is 121 cm³/mol. The highest BCUT2D eigenvalue weighted by molar-refractivity contribution is 9.10. The molecule has 2 amide bonds. The number of hydrogen-bond donors (Lipinski definition) is 1. The molecule has 2 rings (SSSR count). The van der Waals surface area contributed by atoms with Gasteiger partial charge in [0.2, 0.25) is 5.91 Å². The molecule has 2 aromatic rings. The monoisotopic (exact) mass is 476 g/mol. The topological polar surface area (TPSA) is 67.9 Å². The van der Waals surface area contributed by atoms with Crippen LogP contribution in [0.15, 0.2) is 46.9 Å². The number of hydrogen-bond acceptors (Lipinski definition) is 4. The molecule has 0 aliphatic heterocycles. The van der Waals surface area contributed by atoms with E-state index in [0.717, 1.165) is 27.8 Å². The fraction of sp³-hybridized carbons (Fsp3) is 0.391. The van der Waals surface area contributed by atoms with E-state index in [1.807, 2.05) is 50.2 Å². The number of benzene rings is 2. The first-order chi connectivity index (χ1) is 14.3. The minimum Gasteiger partial charge on any atom is -0.497 e. The lowest BCUT2D eigenvalue weighted by molar-refractivity contribution is -0.142. The first-order valence-electron chi connectivity index (χ1n) is 9.94. The van der Waals surface area contributed by atoms with Crippen LogP contribution >= 0.6 is 15.9 Å². The summed E-state index contributed by atoms with van der Waals surface area (Å²) in [6.07, 6.45) is 0.830. The Kier molecular flexibility index (Phi) is 9.17. The maximum Gasteiger partial charge on any atom is 0.261 e. The summed E-state index contributed by atoms with van der Waals surface area (Å²) in [5, 5.41) is 2.86. The summed E-state index contributed by atoms with van der Waals surface area (Å²) in [6, 6.07) is 12.4. The molecule has 1 atom stereocenters. The number of nitrogens with one attached hydrogen (secondary N) is 1. The number of aryl methyl sites for hydroxylation is 1. The number of halogens is 1. The van der Waals surface area contributed by atoms with Crippen molar-refractivity contribution >= 4 is 27.7 Å². The molecule has 6 nitrogen and oxygen atoms in total. The van der Waals surface area contributed by atoms with Gasteiger partial charge in [-0.15, -0.1) is 0 Å². The Morgan fingerprint density at radius 3 is 2.40 bits per heavy atom. The minimum atomic E-state index is -0.624. The molecule has 30 heavy (non-hydrogen) atoms. The molecule has 0 spiro atoms. The lowest BCUT2D eigenvalue weighted by Gasteiger charge is -2.28. The highest BCUT2D eigenvalue weighted by Crippen LogP contribution is 2.22. The molecule has 0 heterocycles. The fourth-order valence-electron chi connectivity index (χ4n) is 2.84. The van der Waals surface area contributed by atoms with E-state index in [1.165, 1.54) is 0 Å². The van der Waals surface area contributed by atoms with Gasteiger partial charge in [0.1, 0.15) is 17.5 Å². The van der Waals surface area contributed by atoms with Crippen LogP contribution in [0.3, 0.4) is 0 Å². The Morgan fingerprint density at radius 1 is 1.13 bits per heavy atom. The second kappa shape index (κ2) is 11.6. The van der Waals surface area contributed by atoms with Crippen molar-refractivity contribution in [3.05, 3.63) is 58.1 Å². The lowest BCUT2D eigenvalue weighted by atomic mass is 10.1. The number of nitrogens with zero attached hydrogens (tertiary/aromatic N) is 1. The molecular formula is C23H29BrN2O4. The van der Waals surface area contributed by atoms with Crippen molar-refractivity contribution in [2.75, 3.05) is 20.3 Å². The maximum absolute atomic E-state index is 13.0. The molecule has 0 aliphatic rings. The smallest absolute Gasteiger partial charge is 0.261 e. The van der Waals surface area contributed by atoms with Gasteiger partial charge in [0.25, 0.3) is 5.91 Å². The highest BCUT2D eigenvalue weighted by atomic mass is 79.9. The van der Waals surface area contributed by atoms with E-state index in [1.54, 1.807) is 25.0 Å². The minimum absolute atomic E-state index is 0.150. The first kappa shape index (κ1) is 23.7. The third kappa shape index (κ3) is 6.76. The molecule has 0 saturated heterocycles. The second-order valence-electron chi connectivity index (χ2n) is 7.04. The van der Waals surface area contributed by atoms with E-state index in [2.05, 4.69) is 21.2 Å². The van der Waals surface area contributed by atoms with Gasteiger partial charge in [-0.05, 0) is 61.7 Å². The highest BCUT2D eigenvalue weighted by Gasteiger charge is 2.26. The molecule has 0 radical (unpaired) electrons. The van der Waals surface area contributed by atoms with E-state index in [-0.39, 0.29) is 18.4 Å². The van der Waals surface area contributed by atoms with E-state index in [9.17, 15) is 9.59 Å². The lowest BCUT2D eigenvalue weighted by Crippen LogP contribution is -2.49. The number of ether oxygens (including phenoxy) is 2. The Balaban J connectivity index is 2.13. The van der Waals surface area contributed by atoms with Gasteiger partial charge in [-0.1, -0.05) is 35.0 Å². The zero-order chi connectivity index (χ0) is 22.1. The summed E-state index contributed by atoms with van der Waals surface area (Å²) in [7, 11) is 1.60. The molecule has 2 aromatic carbocycles. The van der Waals surface area contributed by atoms with Crippen LogP contribution in [0.25, 0.3) is 0 Å². The molecular weight excluding hydrogens is 448 g/mol. The Bertz CT molecular complexity index is 855. The van der Waals surface area contributed by atoms with Gasteiger partial charge < -0.3 is 19.7 Å². The van der Waals surface area contributed by atoms with E-state index >= 15 is 0 Å². The molecule has 0 aliphatic carbocycles. The summed E-state index contributed by atoms with van der Waals surface area (Å²) < 4.78 is 11.9. The SMILES string of the molecule is CCCNC(=O)[C@@H](C)N(Cc1ccc(OC)cc1)C(=O)COc1ccc(Br)c(C)c1. The predicted octanol–water partition coefficient (Wildman–Crippen LogP) is 4.09. The summed E-state index contributed by atoms with van der Waals surface area (Å²) in [5.74, 6) is 0.902. The average Bonchev–Trinajstić information content (AvgIpc) is 2.76. The first-order valence-corrected chi connectivity index (χ1v) is 10.7. The van der Waals surface area contributed by atoms with Crippen LogP contribution in [-0.2, 0) is 16.1 Å². The Morgan fingerprint density at radius 2 is 1.80 bits per heavy atom. The second-order valence-corrected chi connectivity index (χ2v) is 7.89. The van der Waals surface area contributed by atoms with Crippen molar-refractivity contribution in [2.24, 2.45) is 0 Å². The van der Waals surface area contributed by atoms with Crippen molar-refractivity contribution in [1.82, 2.24) is 10.2 Å². The third-order valence-electron chi connectivity index (χ3n) is 4.72. The van der Waals surface area contributed by atoms with Gasteiger partial charge in [-0.25, -0.2) is 0 Å². The normalized spacial score (nSPS) is 11.5. The molecule has 0 fully saturated rings. The van der Waals surface area contributed by atoms with Crippen molar-refractivity contribution in [2.45, 2.75) is 39.8 Å². The van der Waals surface area contributed by atoms with Crippen LogP contribution in [0.2, 0.25) is 0 Å². The maximum atomic E-state index is 13.0. The summed E-state index contributed by atoms with van der Waals surface area (Å²) >= 11 is 3.45. The largest absolute Gasteiger partial charge is 0.497 e. The van der Waals surface area contributed by atoms with E-state index < -0.39 is 6.04 Å². The molecule has 0 saturated carbocycles. The summed E-state index contributed by atoms with van der Waals surface area (Å²) in [4.78, 5) is 27.1. The number of amides is 2. The van der Waals surface area contributed by atoms with Gasteiger partial charge in [0.15, 0.2) is 6.61 Å². The standard InChI is InChI=1S/C23H29BrN2O4/c1-5-12-25-23(28)17(3)26(14-18-6-8-19(29-4)9-7-18)22(27)15-30-20-10-11-21(24)16(2)13-20/h6-11,13,17H,5,12,14-15H2,1-4H3,(H,25,28)/t17-/m1/s1. The van der Waals surface area contributed by atoms with Crippen LogP contribution in [0.5, 0.6) is 11.5 Å². The zero-order valence-electron chi connectivity index (χ0n) is 17.9. The van der Waals surface area contributed by atoms with Crippen molar-refractivity contribution < 1.29 is 19.1 Å². The molecule has 0 aromatic heterocycles. The van der Waals surface area contributed by atoms with Crippen LogP contribution in [-0.4, -0.2) is 43.0 Å². The number of rotatable bonds is 10. The Labute approximate surface area is 186 Å². The van der Waals surface area contributed by atoms with Crippen molar-refractivity contribution in [3.63, 3.8) is 0 Å². The van der Waals surface area contributed by atoms with Crippen LogP contribution in [0.4, 0.5) is 0 Å². The van der Waals surface area contributed by atoms with Crippen LogP contribution in [0.1, 0.15) is 31.4 Å². The number of methoxy groups -OCH3 is 1. The number of carbonyl (C=O) groups excluding carboxylic acids is 2. The number of carbonyl (C=O) groups is 2. The quantitative estimate of drug-likeness (QED) is 0.560. The Hall–Kier alpha value is -2.54. The van der Waals surface area contributed by atoms with Gasteiger partial charge in [-0.3, -0.25) is 9.59 Å². The molecule has 1 N–H and O–H groups in total. The zero-order valence-corrected chi connectivity index (χ0v) is 19.5. The molecule has 0 bridgehead atoms. The molecule has 0 unspecified atom stereocenters. The summed E-state index contributed by atoms with van der Waals surface area (Å²) in [5.41, 5.74) is 1.92. The van der Waals surface area contributed by atoms with Gasteiger partial charge >= 0.3 is 0 Å². The molecule has 7 heteroatoms. The average molecular weight is 477 g/mol. The fourth-order valence-corrected chi connectivity index (χ4v) is 3.09. The van der Waals surface area contributed by atoms with Gasteiger partial charge in [0, 0.05) is 17.6 Å². The van der Waals surface area contributed by atoms with Gasteiger partial charge in [-0.2, -0.15) is 0 Å². The summed E-state index contributed by atoms with van der Waals surface area (Å²) in [6.45, 7) is 6.39. The van der Waals surface area contributed by atoms with Crippen LogP contribution < -0.4 is 14.8 Å². The van der Waals surface area contributed by atoms with Crippen molar-refractivity contribution in [1.29, 1.82) is 0 Å². The van der Waals surface area contributed by atoms with Crippen LogP contribution in [0, 0.1) is 6.92 Å². The van der Waals surface area contributed by atoms with Gasteiger partial charge in [0.05, 0.1) is 7.11 Å².